The monoisotopic (exact) mass is 267 g/mol. The predicted octanol–water partition coefficient (Wildman–Crippen LogP) is 3.81. The summed E-state index contributed by atoms with van der Waals surface area (Å²) >= 11 is 0. The van der Waals surface area contributed by atoms with Crippen LogP contribution >= 0.6 is 0 Å². The van der Waals surface area contributed by atoms with Crippen LogP contribution in [0.25, 0.3) is 0 Å². The molecule has 0 aliphatic rings. The second-order valence-corrected chi connectivity index (χ2v) is 4.41. The van der Waals surface area contributed by atoms with E-state index in [9.17, 15) is 22.0 Å². The van der Waals surface area contributed by atoms with E-state index in [1.807, 2.05) is 0 Å². The SMILES string of the molecule is Cc1cc(C)c([C@@H](N)C(F)(F)C(F)(F)F)c(C)c1. The summed E-state index contributed by atoms with van der Waals surface area (Å²) in [6, 6.07) is 0.682. The molecular weight excluding hydrogens is 253 g/mol. The van der Waals surface area contributed by atoms with Crippen LogP contribution in [0.1, 0.15) is 28.3 Å². The molecule has 1 rings (SSSR count). The summed E-state index contributed by atoms with van der Waals surface area (Å²) < 4.78 is 63.3. The molecule has 1 aromatic rings. The Morgan fingerprint density at radius 3 is 1.67 bits per heavy atom. The molecule has 0 saturated heterocycles. The van der Waals surface area contributed by atoms with E-state index in [2.05, 4.69) is 0 Å². The van der Waals surface area contributed by atoms with Gasteiger partial charge in [0.2, 0.25) is 0 Å². The minimum absolute atomic E-state index is 0.150. The average Bonchev–Trinajstić information content (AvgIpc) is 2.13. The Morgan fingerprint density at radius 2 is 1.33 bits per heavy atom. The molecule has 6 heteroatoms. The number of halogens is 5. The summed E-state index contributed by atoms with van der Waals surface area (Å²) in [5, 5.41) is 0. The molecule has 0 heterocycles. The maximum Gasteiger partial charge on any atom is 0.455 e. The molecule has 0 bridgehead atoms. The molecule has 18 heavy (non-hydrogen) atoms. The van der Waals surface area contributed by atoms with E-state index >= 15 is 0 Å². The van der Waals surface area contributed by atoms with E-state index in [1.165, 1.54) is 26.0 Å². The van der Waals surface area contributed by atoms with Gasteiger partial charge in [-0.1, -0.05) is 17.7 Å². The van der Waals surface area contributed by atoms with Crippen molar-refractivity contribution in [2.24, 2.45) is 5.73 Å². The molecule has 1 atom stereocenters. The van der Waals surface area contributed by atoms with Crippen molar-refractivity contribution in [3.63, 3.8) is 0 Å². The number of aryl methyl sites for hydroxylation is 3. The van der Waals surface area contributed by atoms with Gasteiger partial charge in [0.05, 0.1) is 0 Å². The van der Waals surface area contributed by atoms with Crippen molar-refractivity contribution in [3.8, 4) is 0 Å². The van der Waals surface area contributed by atoms with Crippen LogP contribution < -0.4 is 5.73 Å². The molecule has 0 spiro atoms. The fraction of sp³-hybridized carbons (Fsp3) is 0.500. The highest BCUT2D eigenvalue weighted by Gasteiger charge is 2.62. The number of benzene rings is 1. The largest absolute Gasteiger partial charge is 0.455 e. The first kappa shape index (κ1) is 14.9. The van der Waals surface area contributed by atoms with Crippen molar-refractivity contribution >= 4 is 0 Å². The predicted molar refractivity (Wildman–Crippen MR) is 58.6 cm³/mol. The lowest BCUT2D eigenvalue weighted by molar-refractivity contribution is -0.291. The second-order valence-electron chi connectivity index (χ2n) is 4.41. The van der Waals surface area contributed by atoms with Crippen LogP contribution in [-0.4, -0.2) is 12.1 Å². The molecule has 0 amide bonds. The fourth-order valence-electron chi connectivity index (χ4n) is 2.04. The van der Waals surface area contributed by atoms with Gasteiger partial charge in [-0.15, -0.1) is 0 Å². The first-order chi connectivity index (χ1) is 7.98. The third kappa shape index (κ3) is 2.48. The van der Waals surface area contributed by atoms with Crippen LogP contribution in [0.4, 0.5) is 22.0 Å². The normalized spacial score (nSPS) is 14.7. The minimum Gasteiger partial charge on any atom is -0.319 e. The Kier molecular flexibility index (Phi) is 3.72. The van der Waals surface area contributed by atoms with E-state index in [1.54, 1.807) is 6.92 Å². The quantitative estimate of drug-likeness (QED) is 0.810. The molecule has 1 nitrogen and oxygen atoms in total. The first-order valence-corrected chi connectivity index (χ1v) is 5.26. The molecule has 0 aliphatic heterocycles. The van der Waals surface area contributed by atoms with Gasteiger partial charge in [0.25, 0.3) is 0 Å². The molecule has 0 aliphatic carbocycles. The van der Waals surface area contributed by atoms with E-state index < -0.39 is 18.1 Å². The summed E-state index contributed by atoms with van der Waals surface area (Å²) in [4.78, 5) is 0. The van der Waals surface area contributed by atoms with Crippen molar-refractivity contribution in [2.75, 3.05) is 0 Å². The van der Waals surface area contributed by atoms with E-state index in [0.29, 0.717) is 11.1 Å². The summed E-state index contributed by atoms with van der Waals surface area (Å²) in [6.07, 6.45) is -5.66. The van der Waals surface area contributed by atoms with Gasteiger partial charge in [-0.25, -0.2) is 0 Å². The third-order valence-electron chi connectivity index (χ3n) is 2.82. The Labute approximate surface area is 102 Å². The summed E-state index contributed by atoms with van der Waals surface area (Å²) in [7, 11) is 0. The van der Waals surface area contributed by atoms with Gasteiger partial charge in [-0.3, -0.25) is 0 Å². The van der Waals surface area contributed by atoms with Crippen molar-refractivity contribution in [1.82, 2.24) is 0 Å². The van der Waals surface area contributed by atoms with Crippen molar-refractivity contribution in [1.29, 1.82) is 0 Å². The highest BCUT2D eigenvalue weighted by atomic mass is 19.4. The Balaban J connectivity index is 3.32. The molecule has 2 N–H and O–H groups in total. The smallest absolute Gasteiger partial charge is 0.319 e. The van der Waals surface area contributed by atoms with E-state index in [0.717, 1.165) is 5.56 Å². The van der Waals surface area contributed by atoms with Crippen LogP contribution in [0.3, 0.4) is 0 Å². The van der Waals surface area contributed by atoms with Gasteiger partial charge in [0.15, 0.2) is 0 Å². The molecule has 0 fully saturated rings. The van der Waals surface area contributed by atoms with Gasteiger partial charge >= 0.3 is 12.1 Å². The zero-order valence-corrected chi connectivity index (χ0v) is 10.2. The standard InChI is InChI=1S/C12H14F5N/c1-6-4-7(2)9(8(3)5-6)10(18)11(13,14)12(15,16)17/h4-5,10H,18H2,1-3H3/t10-/m1/s1. The van der Waals surface area contributed by atoms with Crippen LogP contribution in [-0.2, 0) is 0 Å². The van der Waals surface area contributed by atoms with Crippen LogP contribution in [0, 0.1) is 20.8 Å². The zero-order chi connectivity index (χ0) is 14.3. The molecule has 0 aromatic heterocycles. The van der Waals surface area contributed by atoms with E-state index in [-0.39, 0.29) is 5.56 Å². The number of rotatable bonds is 2. The highest BCUT2D eigenvalue weighted by Crippen LogP contribution is 2.44. The number of hydrogen-bond acceptors (Lipinski definition) is 1. The lowest BCUT2D eigenvalue weighted by atomic mass is 9.91. The summed E-state index contributed by atoms with van der Waals surface area (Å²) in [5.74, 6) is -4.95. The molecule has 1 aromatic carbocycles. The average molecular weight is 267 g/mol. The number of alkyl halides is 5. The summed E-state index contributed by atoms with van der Waals surface area (Å²) in [6.45, 7) is 4.68. The van der Waals surface area contributed by atoms with Gasteiger partial charge in [-0.05, 0) is 37.5 Å². The van der Waals surface area contributed by atoms with Gasteiger partial charge in [0.1, 0.15) is 6.04 Å². The third-order valence-corrected chi connectivity index (χ3v) is 2.82. The molecule has 102 valence electrons. The Hall–Kier alpha value is -1.17. The number of nitrogens with two attached hydrogens (primary N) is 1. The molecule has 0 unspecified atom stereocenters. The van der Waals surface area contributed by atoms with Crippen LogP contribution in [0.5, 0.6) is 0 Å². The van der Waals surface area contributed by atoms with Crippen LogP contribution in [0.15, 0.2) is 12.1 Å². The highest BCUT2D eigenvalue weighted by molar-refractivity contribution is 5.40. The number of hydrogen-bond donors (Lipinski definition) is 1. The second kappa shape index (κ2) is 4.50. The van der Waals surface area contributed by atoms with Crippen molar-refractivity contribution in [2.45, 2.75) is 38.9 Å². The fourth-order valence-corrected chi connectivity index (χ4v) is 2.04. The summed E-state index contributed by atoms with van der Waals surface area (Å²) in [5.41, 5.74) is 6.45. The lowest BCUT2D eigenvalue weighted by Gasteiger charge is -2.28. The Bertz CT molecular complexity index is 427. The topological polar surface area (TPSA) is 26.0 Å². The lowest BCUT2D eigenvalue weighted by Crippen LogP contribution is -2.46. The maximum atomic E-state index is 13.2. The molecule has 0 saturated carbocycles. The maximum absolute atomic E-state index is 13.2. The van der Waals surface area contributed by atoms with E-state index in [4.69, 9.17) is 5.73 Å². The zero-order valence-electron chi connectivity index (χ0n) is 10.2. The van der Waals surface area contributed by atoms with Crippen molar-refractivity contribution in [3.05, 3.63) is 34.4 Å². The van der Waals surface area contributed by atoms with Gasteiger partial charge in [-0.2, -0.15) is 22.0 Å². The van der Waals surface area contributed by atoms with Crippen LogP contribution in [0.2, 0.25) is 0 Å². The minimum atomic E-state index is -5.66. The van der Waals surface area contributed by atoms with Gasteiger partial charge in [0, 0.05) is 0 Å². The first-order valence-electron chi connectivity index (χ1n) is 5.26. The molecular formula is C12H14F5N. The molecule has 0 radical (unpaired) electrons. The Morgan fingerprint density at radius 1 is 0.944 bits per heavy atom. The van der Waals surface area contributed by atoms with Gasteiger partial charge < -0.3 is 5.73 Å². The van der Waals surface area contributed by atoms with Crippen molar-refractivity contribution < 1.29 is 22.0 Å².